The van der Waals surface area contributed by atoms with E-state index in [2.05, 4.69) is 9.47 Å². The van der Waals surface area contributed by atoms with Crippen molar-refractivity contribution in [2.24, 2.45) is 0 Å². The van der Waals surface area contributed by atoms with Gasteiger partial charge >= 0.3 is 36.5 Å². The summed E-state index contributed by atoms with van der Waals surface area (Å²) >= 11 is 0. The number of hydrogen-bond donors (Lipinski definition) is 0. The van der Waals surface area contributed by atoms with Crippen LogP contribution in [0.15, 0.2) is 0 Å². The fourth-order valence-corrected chi connectivity index (χ4v) is 1.81. The lowest BCUT2D eigenvalue weighted by Gasteiger charge is -2.30. The molecule has 1 fully saturated rings. The lowest BCUT2D eigenvalue weighted by Crippen LogP contribution is -2.53. The molecule has 156 valence electrons. The van der Waals surface area contributed by atoms with Gasteiger partial charge in [0.05, 0.1) is 0 Å². The molecule has 1 aliphatic carbocycles. The standard InChI is InChI=1S/C11H9F13O2/c12-5(13)7(16,17)2-25-4-1-9(20,11(23,24)10(4,21)22)26-3-8(18,19)6(14)15/h4-6H,1-3H2. The first-order valence-electron chi connectivity index (χ1n) is 6.43. The molecule has 0 aromatic heterocycles. The fourth-order valence-electron chi connectivity index (χ4n) is 1.81. The molecule has 2 atom stereocenters. The van der Waals surface area contributed by atoms with Crippen LogP contribution in [-0.2, 0) is 9.47 Å². The maximum Gasteiger partial charge on any atom is 0.370 e. The van der Waals surface area contributed by atoms with E-state index in [1.807, 2.05) is 0 Å². The lowest BCUT2D eigenvalue weighted by atomic mass is 10.1. The summed E-state index contributed by atoms with van der Waals surface area (Å²) in [6.45, 7) is -5.27. The van der Waals surface area contributed by atoms with Crippen molar-refractivity contribution in [1.82, 2.24) is 0 Å². The molecular formula is C11H9F13O2. The highest BCUT2D eigenvalue weighted by molar-refractivity contribution is 5.10. The summed E-state index contributed by atoms with van der Waals surface area (Å²) in [6.07, 6.45) is -14.8. The molecule has 1 aliphatic rings. The Kier molecular flexibility index (Phi) is 6.09. The van der Waals surface area contributed by atoms with Crippen LogP contribution in [0.2, 0.25) is 0 Å². The van der Waals surface area contributed by atoms with Crippen LogP contribution in [0.5, 0.6) is 0 Å². The van der Waals surface area contributed by atoms with E-state index < -0.39 is 68.1 Å². The van der Waals surface area contributed by atoms with Crippen LogP contribution in [0.25, 0.3) is 0 Å². The summed E-state index contributed by atoms with van der Waals surface area (Å²) in [7, 11) is 0. The number of rotatable bonds is 8. The van der Waals surface area contributed by atoms with Crippen molar-refractivity contribution in [1.29, 1.82) is 0 Å². The molecule has 0 N–H and O–H groups in total. The number of hydrogen-bond acceptors (Lipinski definition) is 2. The second-order valence-corrected chi connectivity index (χ2v) is 5.34. The van der Waals surface area contributed by atoms with Crippen molar-refractivity contribution in [2.45, 2.75) is 54.9 Å². The van der Waals surface area contributed by atoms with E-state index in [1.54, 1.807) is 0 Å². The molecule has 2 unspecified atom stereocenters. The van der Waals surface area contributed by atoms with Crippen molar-refractivity contribution >= 4 is 0 Å². The highest BCUT2D eigenvalue weighted by atomic mass is 19.3. The van der Waals surface area contributed by atoms with Gasteiger partial charge in [0.15, 0.2) is 0 Å². The summed E-state index contributed by atoms with van der Waals surface area (Å²) in [5.41, 5.74) is 0. The van der Waals surface area contributed by atoms with Crippen LogP contribution in [-0.4, -0.2) is 61.7 Å². The largest absolute Gasteiger partial charge is 0.370 e. The molecule has 0 aromatic carbocycles. The maximum atomic E-state index is 14.0. The van der Waals surface area contributed by atoms with Gasteiger partial charge in [-0.15, -0.1) is 0 Å². The van der Waals surface area contributed by atoms with Crippen molar-refractivity contribution in [3.8, 4) is 0 Å². The van der Waals surface area contributed by atoms with Crippen molar-refractivity contribution < 1.29 is 66.5 Å². The van der Waals surface area contributed by atoms with E-state index in [0.29, 0.717) is 0 Å². The average molecular weight is 420 g/mol. The Hall–Kier alpha value is -0.990. The predicted molar refractivity (Wildman–Crippen MR) is 55.9 cm³/mol. The quantitative estimate of drug-likeness (QED) is 0.538. The Morgan fingerprint density at radius 1 is 0.808 bits per heavy atom. The number of halogens is 13. The first kappa shape index (κ1) is 23.0. The van der Waals surface area contributed by atoms with Gasteiger partial charge in [-0.25, -0.2) is 22.0 Å². The number of ether oxygens (including phenoxy) is 2. The van der Waals surface area contributed by atoms with Gasteiger partial charge in [0, 0.05) is 6.42 Å². The zero-order valence-corrected chi connectivity index (χ0v) is 12.1. The molecular weight excluding hydrogens is 411 g/mol. The fraction of sp³-hybridized carbons (Fsp3) is 1.00. The molecule has 0 saturated heterocycles. The third-order valence-corrected chi connectivity index (χ3v) is 3.35. The van der Waals surface area contributed by atoms with Gasteiger partial charge < -0.3 is 9.47 Å². The second kappa shape index (κ2) is 6.87. The molecule has 1 rings (SSSR count). The minimum atomic E-state index is -5.97. The highest BCUT2D eigenvalue weighted by Crippen LogP contribution is 2.57. The van der Waals surface area contributed by atoms with Gasteiger partial charge in [0.2, 0.25) is 0 Å². The predicted octanol–water partition coefficient (Wildman–Crippen LogP) is 4.53. The van der Waals surface area contributed by atoms with Crippen molar-refractivity contribution in [2.75, 3.05) is 13.2 Å². The molecule has 0 heterocycles. The monoisotopic (exact) mass is 420 g/mol. The van der Waals surface area contributed by atoms with Gasteiger partial charge in [0.25, 0.3) is 5.85 Å². The minimum Gasteiger partial charge on any atom is -0.365 e. The molecule has 0 aromatic rings. The Bertz CT molecular complexity index is 494. The first-order valence-corrected chi connectivity index (χ1v) is 6.43. The van der Waals surface area contributed by atoms with Gasteiger partial charge in [-0.05, 0) is 0 Å². The van der Waals surface area contributed by atoms with E-state index in [0.717, 1.165) is 0 Å². The lowest BCUT2D eigenvalue weighted by molar-refractivity contribution is -0.333. The van der Waals surface area contributed by atoms with E-state index in [4.69, 9.17) is 0 Å². The summed E-state index contributed by atoms with van der Waals surface area (Å²) in [4.78, 5) is 0. The van der Waals surface area contributed by atoms with Crippen LogP contribution in [0.3, 0.4) is 0 Å². The molecule has 0 aliphatic heterocycles. The molecule has 0 radical (unpaired) electrons. The van der Waals surface area contributed by atoms with Crippen molar-refractivity contribution in [3.63, 3.8) is 0 Å². The van der Waals surface area contributed by atoms with Gasteiger partial charge in [-0.2, -0.15) is 35.1 Å². The van der Waals surface area contributed by atoms with Crippen LogP contribution in [0.1, 0.15) is 6.42 Å². The van der Waals surface area contributed by atoms with Crippen LogP contribution >= 0.6 is 0 Å². The molecule has 1 saturated carbocycles. The normalized spacial score (nSPS) is 29.0. The van der Waals surface area contributed by atoms with E-state index >= 15 is 0 Å². The SMILES string of the molecule is FC(F)C(F)(F)COC1CC(F)(OCC(F)(F)C(F)F)C(F)(F)C1(F)F. The Labute approximate surface area is 136 Å². The zero-order valence-electron chi connectivity index (χ0n) is 12.1. The second-order valence-electron chi connectivity index (χ2n) is 5.34. The minimum absolute atomic E-state index is 2.36. The summed E-state index contributed by atoms with van der Waals surface area (Å²) < 4.78 is 173. The summed E-state index contributed by atoms with van der Waals surface area (Å²) in [5.74, 6) is -26.9. The van der Waals surface area contributed by atoms with Gasteiger partial charge in [-0.1, -0.05) is 0 Å². The van der Waals surface area contributed by atoms with E-state index in [1.165, 1.54) is 0 Å². The van der Waals surface area contributed by atoms with Crippen molar-refractivity contribution in [3.05, 3.63) is 0 Å². The zero-order chi connectivity index (χ0) is 20.8. The highest BCUT2D eigenvalue weighted by Gasteiger charge is 2.81. The molecule has 0 bridgehead atoms. The Morgan fingerprint density at radius 3 is 1.65 bits per heavy atom. The van der Waals surface area contributed by atoms with Gasteiger partial charge in [-0.3, -0.25) is 0 Å². The molecule has 0 spiro atoms. The van der Waals surface area contributed by atoms with Crippen LogP contribution < -0.4 is 0 Å². The average Bonchev–Trinajstić information content (AvgIpc) is 2.61. The first-order chi connectivity index (χ1) is 11.4. The summed E-state index contributed by atoms with van der Waals surface area (Å²) in [5, 5.41) is 0. The molecule has 2 nitrogen and oxygen atoms in total. The smallest absolute Gasteiger partial charge is 0.365 e. The molecule has 26 heavy (non-hydrogen) atoms. The summed E-state index contributed by atoms with van der Waals surface area (Å²) in [6, 6.07) is 0. The van der Waals surface area contributed by atoms with Gasteiger partial charge in [0.1, 0.15) is 19.3 Å². The Morgan fingerprint density at radius 2 is 1.23 bits per heavy atom. The molecule has 0 amide bonds. The third kappa shape index (κ3) is 3.97. The van der Waals surface area contributed by atoms with Crippen LogP contribution in [0, 0.1) is 0 Å². The Balaban J connectivity index is 2.97. The van der Waals surface area contributed by atoms with E-state index in [-0.39, 0.29) is 0 Å². The number of alkyl halides is 13. The van der Waals surface area contributed by atoms with E-state index in [9.17, 15) is 57.1 Å². The topological polar surface area (TPSA) is 18.5 Å². The third-order valence-electron chi connectivity index (χ3n) is 3.35. The molecule has 15 heteroatoms. The maximum absolute atomic E-state index is 14.0. The van der Waals surface area contributed by atoms with Crippen LogP contribution in [0.4, 0.5) is 57.1 Å².